The minimum atomic E-state index is -1.29. The Bertz CT molecular complexity index is 1770. The molecule has 0 spiro atoms. The number of rotatable bonds is 16. The van der Waals surface area contributed by atoms with E-state index in [4.69, 9.17) is 19.3 Å². The van der Waals surface area contributed by atoms with E-state index in [0.29, 0.717) is 66.3 Å². The maximum atomic E-state index is 15.3. The number of hydrogen-bond acceptors (Lipinski definition) is 7. The number of hydrogen-bond donors (Lipinski definition) is 3. The van der Waals surface area contributed by atoms with E-state index in [1.54, 1.807) is 18.2 Å². The molecule has 0 unspecified atom stereocenters. The number of benzene rings is 3. The summed E-state index contributed by atoms with van der Waals surface area (Å²) in [6.45, 7) is 2.64. The minimum Gasteiger partial charge on any atom is -0.490 e. The van der Waals surface area contributed by atoms with Gasteiger partial charge < -0.3 is 30.0 Å². The molecule has 0 bridgehead atoms. The van der Waals surface area contributed by atoms with E-state index >= 15 is 4.39 Å². The van der Waals surface area contributed by atoms with E-state index in [-0.39, 0.29) is 40.9 Å². The predicted octanol–water partition coefficient (Wildman–Crippen LogP) is 6.56. The quantitative estimate of drug-likeness (QED) is 0.0692. The number of unbranched alkanes of at least 4 members (excludes halogenated alkanes) is 3. The largest absolute Gasteiger partial charge is 0.490 e. The molecule has 10 nitrogen and oxygen atoms in total. The molecular formula is C35H37F2MgN3O7. The number of amides is 2. The van der Waals surface area contributed by atoms with Gasteiger partial charge in [-0.15, -0.1) is 0 Å². The number of carbonyl (C=O) groups excluding carboxylic acids is 2. The SMILES string of the molecule is CCOc1cc2c(Oc3ccc(NC(=O)C4(C(=O)Nc5ccc(F)cc5)CC4)cc3F)ccnc2cc1OCCCCCCC(=O)O.[MgH2]. The molecule has 1 fully saturated rings. The lowest BCUT2D eigenvalue weighted by atomic mass is 10.0. The van der Waals surface area contributed by atoms with Crippen molar-refractivity contribution in [2.24, 2.45) is 5.41 Å². The van der Waals surface area contributed by atoms with E-state index in [0.717, 1.165) is 25.3 Å². The van der Waals surface area contributed by atoms with Gasteiger partial charge in [0.25, 0.3) is 0 Å². The maximum absolute atomic E-state index is 15.3. The van der Waals surface area contributed by atoms with Gasteiger partial charge >= 0.3 is 29.0 Å². The van der Waals surface area contributed by atoms with Crippen molar-refractivity contribution in [2.45, 2.75) is 51.9 Å². The van der Waals surface area contributed by atoms with Gasteiger partial charge in [0.1, 0.15) is 17.0 Å². The summed E-state index contributed by atoms with van der Waals surface area (Å²) in [5.41, 5.74) is -0.229. The van der Waals surface area contributed by atoms with Gasteiger partial charge in [0.15, 0.2) is 23.1 Å². The van der Waals surface area contributed by atoms with Crippen LogP contribution in [0, 0.1) is 17.0 Å². The van der Waals surface area contributed by atoms with Crippen LogP contribution in [-0.4, -0.2) is 64.1 Å². The first-order chi connectivity index (χ1) is 22.7. The lowest BCUT2D eigenvalue weighted by Crippen LogP contribution is -2.35. The molecule has 48 heavy (non-hydrogen) atoms. The molecule has 5 rings (SSSR count). The summed E-state index contributed by atoms with van der Waals surface area (Å²) in [6.07, 6.45) is 5.35. The number of anilines is 2. The summed E-state index contributed by atoms with van der Waals surface area (Å²) in [5.74, 6) is -1.85. The highest BCUT2D eigenvalue weighted by atomic mass is 24.3. The van der Waals surface area contributed by atoms with Gasteiger partial charge in [-0.05, 0) is 81.1 Å². The number of nitrogens with one attached hydrogen (secondary N) is 2. The second kappa shape index (κ2) is 16.6. The molecule has 13 heteroatoms. The molecule has 0 atom stereocenters. The Kier molecular flexibility index (Phi) is 12.5. The summed E-state index contributed by atoms with van der Waals surface area (Å²) < 4.78 is 46.2. The molecule has 0 radical (unpaired) electrons. The molecule has 1 aliphatic carbocycles. The first-order valence-electron chi connectivity index (χ1n) is 15.4. The number of carboxylic acids is 1. The number of aromatic nitrogens is 1. The first-order valence-corrected chi connectivity index (χ1v) is 15.4. The standard InChI is InChI=1S/C35H35F2N3O7.Mg.2H/c1-2-45-30-20-25-27(21-31(30)46-18-6-4-3-5-7-32(41)42)38-17-14-28(25)47-29-13-12-24(19-26(29)37)40-34(44)35(15-16-35)33(43)39-23-10-8-22(36)9-11-23;;;/h8-14,17,19-21H,2-7,15-16,18H2,1H3,(H,39,43)(H,40,44)(H,41,42);;;. The Morgan fingerprint density at radius 2 is 1.48 bits per heavy atom. The van der Waals surface area contributed by atoms with Crippen molar-refractivity contribution in [3.8, 4) is 23.0 Å². The van der Waals surface area contributed by atoms with Crippen LogP contribution in [0.25, 0.3) is 10.9 Å². The van der Waals surface area contributed by atoms with Crippen molar-refractivity contribution in [1.82, 2.24) is 4.98 Å². The number of carboxylic acid groups (broad SMARTS) is 1. The Hall–Kier alpha value is -4.49. The van der Waals surface area contributed by atoms with Crippen molar-refractivity contribution in [3.63, 3.8) is 0 Å². The second-order valence-corrected chi connectivity index (χ2v) is 11.2. The van der Waals surface area contributed by atoms with Gasteiger partial charge in [0.2, 0.25) is 11.8 Å². The highest BCUT2D eigenvalue weighted by Crippen LogP contribution is 2.47. The first kappa shape index (κ1) is 36.3. The average Bonchev–Trinajstić information content (AvgIpc) is 3.86. The van der Waals surface area contributed by atoms with Gasteiger partial charge in [-0.2, -0.15) is 0 Å². The fourth-order valence-electron chi connectivity index (χ4n) is 5.01. The smallest absolute Gasteiger partial charge is 0.316 e. The third kappa shape index (κ3) is 9.10. The molecule has 1 heterocycles. The number of fused-ring (bicyclic) bond motifs is 1. The normalized spacial score (nSPS) is 12.8. The lowest BCUT2D eigenvalue weighted by molar-refractivity contribution is -0.137. The van der Waals surface area contributed by atoms with Crippen molar-refractivity contribution in [3.05, 3.63) is 78.5 Å². The van der Waals surface area contributed by atoms with Crippen molar-refractivity contribution >= 4 is 63.1 Å². The van der Waals surface area contributed by atoms with E-state index in [9.17, 15) is 18.8 Å². The number of aliphatic carboxylic acids is 1. The molecule has 3 aromatic carbocycles. The molecule has 0 saturated heterocycles. The lowest BCUT2D eigenvalue weighted by Gasteiger charge is -2.16. The van der Waals surface area contributed by atoms with Gasteiger partial charge in [0, 0.05) is 41.5 Å². The zero-order valence-corrected chi connectivity index (χ0v) is 25.8. The highest BCUT2D eigenvalue weighted by Gasteiger charge is 2.56. The van der Waals surface area contributed by atoms with Crippen LogP contribution in [0.3, 0.4) is 0 Å². The summed E-state index contributed by atoms with van der Waals surface area (Å²) >= 11 is 0. The molecule has 1 aliphatic rings. The van der Waals surface area contributed by atoms with Crippen molar-refractivity contribution < 1.29 is 42.5 Å². The van der Waals surface area contributed by atoms with Crippen molar-refractivity contribution in [1.29, 1.82) is 0 Å². The summed E-state index contributed by atoms with van der Waals surface area (Å²) in [6, 6.07) is 14.3. The summed E-state index contributed by atoms with van der Waals surface area (Å²) in [7, 11) is 0. The van der Waals surface area contributed by atoms with Gasteiger partial charge in [-0.1, -0.05) is 12.8 Å². The molecule has 1 aromatic heterocycles. The molecule has 1 saturated carbocycles. The van der Waals surface area contributed by atoms with Crippen molar-refractivity contribution in [2.75, 3.05) is 23.8 Å². The Labute approximate surface area is 292 Å². The third-order valence-corrected chi connectivity index (χ3v) is 7.74. The van der Waals surface area contributed by atoms with Gasteiger partial charge in [-0.25, -0.2) is 8.78 Å². The molecule has 4 aromatic rings. The molecule has 2 amide bonds. The Morgan fingerprint density at radius 1 is 0.812 bits per heavy atom. The van der Waals surface area contributed by atoms with Crippen LogP contribution in [0.15, 0.2) is 66.9 Å². The van der Waals surface area contributed by atoms with E-state index in [1.807, 2.05) is 6.92 Å². The van der Waals surface area contributed by atoms with Gasteiger partial charge in [0.05, 0.1) is 18.7 Å². The van der Waals surface area contributed by atoms with Crippen LogP contribution in [0.4, 0.5) is 20.2 Å². The number of carbonyl (C=O) groups is 3. The van der Waals surface area contributed by atoms with E-state index in [2.05, 4.69) is 15.6 Å². The predicted molar refractivity (Wildman–Crippen MR) is 179 cm³/mol. The summed E-state index contributed by atoms with van der Waals surface area (Å²) in [4.78, 5) is 41.0. The Morgan fingerprint density at radius 3 is 2.15 bits per heavy atom. The van der Waals surface area contributed by atoms with E-state index < -0.39 is 34.8 Å². The maximum Gasteiger partial charge on any atom is 0.316 e. The summed E-state index contributed by atoms with van der Waals surface area (Å²) in [5, 5.41) is 14.6. The molecule has 3 N–H and O–H groups in total. The molecule has 0 aliphatic heterocycles. The molecular weight excluding hydrogens is 637 g/mol. The fraction of sp³-hybridized carbons (Fsp3) is 0.314. The zero-order valence-electron chi connectivity index (χ0n) is 25.8. The second-order valence-electron chi connectivity index (χ2n) is 11.2. The average molecular weight is 674 g/mol. The van der Waals surface area contributed by atoms with E-state index in [1.165, 1.54) is 42.6 Å². The Balaban J connectivity index is 0.00000520. The number of ether oxygens (including phenoxy) is 3. The van der Waals surface area contributed by atoms with Crippen LogP contribution in [0.1, 0.15) is 51.9 Å². The number of pyridine rings is 1. The minimum absolute atomic E-state index is 0. The van der Waals surface area contributed by atoms with Crippen LogP contribution < -0.4 is 24.8 Å². The highest BCUT2D eigenvalue weighted by molar-refractivity contribution is 6.16. The number of halogens is 2. The molecule has 250 valence electrons. The van der Waals surface area contributed by atoms with Gasteiger partial charge in [-0.3, -0.25) is 19.4 Å². The topological polar surface area (TPSA) is 136 Å². The van der Waals surface area contributed by atoms with Crippen LogP contribution in [0.5, 0.6) is 23.0 Å². The van der Waals surface area contributed by atoms with Crippen LogP contribution in [-0.2, 0) is 14.4 Å². The van der Waals surface area contributed by atoms with Crippen LogP contribution in [0.2, 0.25) is 0 Å². The number of nitrogens with zero attached hydrogens (tertiary/aromatic N) is 1. The fourth-order valence-corrected chi connectivity index (χ4v) is 5.01. The zero-order chi connectivity index (χ0) is 33.4. The monoisotopic (exact) mass is 673 g/mol. The van der Waals surface area contributed by atoms with Crippen LogP contribution >= 0.6 is 0 Å². The third-order valence-electron chi connectivity index (χ3n) is 7.74.